The van der Waals surface area contributed by atoms with Gasteiger partial charge in [-0.2, -0.15) is 0 Å². The average Bonchev–Trinajstić information content (AvgIpc) is 2.44. The van der Waals surface area contributed by atoms with Crippen molar-refractivity contribution >= 4 is 5.91 Å². The summed E-state index contributed by atoms with van der Waals surface area (Å²) in [7, 11) is 0. The lowest BCUT2D eigenvalue weighted by Crippen LogP contribution is -2.52. The molecule has 1 amide bonds. The van der Waals surface area contributed by atoms with E-state index >= 15 is 0 Å². The van der Waals surface area contributed by atoms with E-state index in [9.17, 15) is 9.90 Å². The molecule has 4 nitrogen and oxygen atoms in total. The molecule has 0 aromatic heterocycles. The Morgan fingerprint density at radius 2 is 2.06 bits per heavy atom. The van der Waals surface area contributed by atoms with Gasteiger partial charge in [0.1, 0.15) is 0 Å². The summed E-state index contributed by atoms with van der Waals surface area (Å²) in [6.45, 7) is 4.38. The molecule has 0 spiro atoms. The van der Waals surface area contributed by atoms with Crippen LogP contribution < -0.4 is 5.32 Å². The van der Waals surface area contributed by atoms with Gasteiger partial charge in [0.2, 0.25) is 5.91 Å². The first-order valence-corrected chi connectivity index (χ1v) is 6.33. The molecule has 0 radical (unpaired) electrons. The summed E-state index contributed by atoms with van der Waals surface area (Å²) in [5.74, 6) is 0.180. The van der Waals surface area contributed by atoms with Crippen molar-refractivity contribution < 1.29 is 9.90 Å². The standard InChI is InChI=1S/C12H22N2O2/c1-12(16)5-8-14(9-6-12)10-4-2-3-7-13-11(10)15/h10,16H,2-9H2,1H3,(H,13,15). The minimum atomic E-state index is -0.530. The molecule has 2 N–H and O–H groups in total. The molecular formula is C12H22N2O2. The molecule has 2 fully saturated rings. The van der Waals surface area contributed by atoms with Crippen LogP contribution in [-0.4, -0.2) is 47.2 Å². The smallest absolute Gasteiger partial charge is 0.237 e. The summed E-state index contributed by atoms with van der Waals surface area (Å²) < 4.78 is 0. The molecule has 0 bridgehead atoms. The second-order valence-corrected chi connectivity index (χ2v) is 5.34. The zero-order valence-electron chi connectivity index (χ0n) is 10.0. The third kappa shape index (κ3) is 2.74. The number of hydrogen-bond acceptors (Lipinski definition) is 3. The highest BCUT2D eigenvalue weighted by Gasteiger charge is 2.33. The van der Waals surface area contributed by atoms with Gasteiger partial charge in [0.05, 0.1) is 11.6 Å². The summed E-state index contributed by atoms with van der Waals surface area (Å²) in [4.78, 5) is 14.1. The van der Waals surface area contributed by atoms with Gasteiger partial charge in [0.25, 0.3) is 0 Å². The number of aliphatic hydroxyl groups is 1. The van der Waals surface area contributed by atoms with E-state index in [0.717, 1.165) is 51.7 Å². The zero-order chi connectivity index (χ0) is 11.6. The fourth-order valence-electron chi connectivity index (χ4n) is 2.59. The monoisotopic (exact) mass is 226 g/mol. The number of nitrogens with one attached hydrogen (secondary N) is 1. The van der Waals surface area contributed by atoms with Crippen LogP contribution in [-0.2, 0) is 4.79 Å². The summed E-state index contributed by atoms with van der Waals surface area (Å²) in [6.07, 6.45) is 4.73. The SMILES string of the molecule is CC1(O)CCN(C2CCCCNC2=O)CC1. The summed E-state index contributed by atoms with van der Waals surface area (Å²) >= 11 is 0. The molecule has 0 aliphatic carbocycles. The predicted octanol–water partition coefficient (Wildman–Crippen LogP) is 0.502. The van der Waals surface area contributed by atoms with E-state index in [4.69, 9.17) is 0 Å². The van der Waals surface area contributed by atoms with E-state index in [1.54, 1.807) is 0 Å². The van der Waals surface area contributed by atoms with Gasteiger partial charge < -0.3 is 10.4 Å². The Morgan fingerprint density at radius 3 is 2.75 bits per heavy atom. The third-order valence-corrected chi connectivity index (χ3v) is 3.82. The largest absolute Gasteiger partial charge is 0.390 e. The topological polar surface area (TPSA) is 52.6 Å². The summed E-state index contributed by atoms with van der Waals surface area (Å²) in [5, 5.41) is 12.9. The van der Waals surface area contributed by atoms with Crippen molar-refractivity contribution in [2.75, 3.05) is 19.6 Å². The van der Waals surface area contributed by atoms with Gasteiger partial charge in [-0.1, -0.05) is 0 Å². The molecule has 2 heterocycles. The van der Waals surface area contributed by atoms with E-state index in [-0.39, 0.29) is 11.9 Å². The van der Waals surface area contributed by atoms with Crippen molar-refractivity contribution in [2.24, 2.45) is 0 Å². The number of hydrogen-bond donors (Lipinski definition) is 2. The van der Waals surface area contributed by atoms with Crippen LogP contribution in [0.4, 0.5) is 0 Å². The average molecular weight is 226 g/mol. The first-order valence-electron chi connectivity index (χ1n) is 6.33. The highest BCUT2D eigenvalue weighted by molar-refractivity contribution is 5.81. The van der Waals surface area contributed by atoms with E-state index in [1.807, 2.05) is 6.92 Å². The molecule has 1 unspecified atom stereocenters. The Kier molecular flexibility index (Phi) is 3.50. The Labute approximate surface area is 97.0 Å². The van der Waals surface area contributed by atoms with E-state index < -0.39 is 5.60 Å². The molecule has 0 aromatic rings. The van der Waals surface area contributed by atoms with Crippen LogP contribution in [0.2, 0.25) is 0 Å². The summed E-state index contributed by atoms with van der Waals surface area (Å²) in [5.41, 5.74) is -0.530. The molecule has 4 heteroatoms. The molecule has 16 heavy (non-hydrogen) atoms. The van der Waals surface area contributed by atoms with Crippen molar-refractivity contribution in [2.45, 2.75) is 50.7 Å². The molecule has 1 atom stereocenters. The number of amides is 1. The molecule has 92 valence electrons. The zero-order valence-corrected chi connectivity index (χ0v) is 10.0. The lowest BCUT2D eigenvalue weighted by atomic mass is 9.92. The lowest BCUT2D eigenvalue weighted by Gasteiger charge is -2.39. The van der Waals surface area contributed by atoms with Crippen LogP contribution >= 0.6 is 0 Å². The molecular weight excluding hydrogens is 204 g/mol. The van der Waals surface area contributed by atoms with Gasteiger partial charge in [-0.15, -0.1) is 0 Å². The maximum atomic E-state index is 11.9. The summed E-state index contributed by atoms with van der Waals surface area (Å²) in [6, 6.07) is 0.0404. The van der Waals surface area contributed by atoms with E-state index in [1.165, 1.54) is 0 Å². The molecule has 2 saturated heterocycles. The predicted molar refractivity (Wildman–Crippen MR) is 62.1 cm³/mol. The normalized spacial score (nSPS) is 31.9. The maximum Gasteiger partial charge on any atom is 0.237 e. The minimum Gasteiger partial charge on any atom is -0.390 e. The van der Waals surface area contributed by atoms with Gasteiger partial charge in [0.15, 0.2) is 0 Å². The van der Waals surface area contributed by atoms with Crippen molar-refractivity contribution in [3.05, 3.63) is 0 Å². The Hall–Kier alpha value is -0.610. The quantitative estimate of drug-likeness (QED) is 0.684. The number of rotatable bonds is 1. The highest BCUT2D eigenvalue weighted by atomic mass is 16.3. The number of carbonyl (C=O) groups excluding carboxylic acids is 1. The lowest BCUT2D eigenvalue weighted by molar-refractivity contribution is -0.128. The van der Waals surface area contributed by atoms with Gasteiger partial charge in [0, 0.05) is 19.6 Å². The molecule has 2 aliphatic rings. The van der Waals surface area contributed by atoms with Crippen LogP contribution in [0.25, 0.3) is 0 Å². The van der Waals surface area contributed by atoms with Crippen LogP contribution in [0.1, 0.15) is 39.0 Å². The minimum absolute atomic E-state index is 0.0404. The molecule has 0 aromatic carbocycles. The highest BCUT2D eigenvalue weighted by Crippen LogP contribution is 2.24. The van der Waals surface area contributed by atoms with E-state index in [2.05, 4.69) is 10.2 Å². The van der Waals surface area contributed by atoms with Crippen molar-refractivity contribution in [1.82, 2.24) is 10.2 Å². The maximum absolute atomic E-state index is 11.9. The first kappa shape index (κ1) is 11.9. The first-order chi connectivity index (χ1) is 7.58. The van der Waals surface area contributed by atoms with Gasteiger partial charge in [-0.05, 0) is 39.0 Å². The molecule has 2 aliphatic heterocycles. The van der Waals surface area contributed by atoms with Crippen LogP contribution in [0.15, 0.2) is 0 Å². The van der Waals surface area contributed by atoms with Crippen molar-refractivity contribution in [3.8, 4) is 0 Å². The van der Waals surface area contributed by atoms with Crippen LogP contribution in [0.5, 0.6) is 0 Å². The van der Waals surface area contributed by atoms with Gasteiger partial charge in [-0.3, -0.25) is 9.69 Å². The Bertz CT molecular complexity index is 256. The van der Waals surface area contributed by atoms with E-state index in [0.29, 0.717) is 0 Å². The van der Waals surface area contributed by atoms with Crippen molar-refractivity contribution in [3.63, 3.8) is 0 Å². The second-order valence-electron chi connectivity index (χ2n) is 5.34. The molecule has 2 rings (SSSR count). The Morgan fingerprint density at radius 1 is 1.38 bits per heavy atom. The van der Waals surface area contributed by atoms with Gasteiger partial charge >= 0.3 is 0 Å². The third-order valence-electron chi connectivity index (χ3n) is 3.82. The van der Waals surface area contributed by atoms with Gasteiger partial charge in [-0.25, -0.2) is 0 Å². The van der Waals surface area contributed by atoms with Crippen LogP contribution in [0, 0.1) is 0 Å². The number of nitrogens with zero attached hydrogens (tertiary/aromatic N) is 1. The fourth-order valence-corrected chi connectivity index (χ4v) is 2.59. The second kappa shape index (κ2) is 4.72. The number of piperidine rings is 1. The number of carbonyl (C=O) groups is 1. The van der Waals surface area contributed by atoms with Crippen LogP contribution in [0.3, 0.4) is 0 Å². The number of likely N-dealkylation sites (tertiary alicyclic amines) is 1. The molecule has 0 saturated carbocycles. The Balaban J connectivity index is 1.94. The van der Waals surface area contributed by atoms with Crippen molar-refractivity contribution in [1.29, 1.82) is 0 Å². The fraction of sp³-hybridized carbons (Fsp3) is 0.917.